The summed E-state index contributed by atoms with van der Waals surface area (Å²) in [7, 11) is 0. The van der Waals surface area contributed by atoms with Gasteiger partial charge in [-0.15, -0.1) is 0 Å². The molecule has 0 unspecified atom stereocenters. The van der Waals surface area contributed by atoms with Gasteiger partial charge in [0.2, 0.25) is 0 Å². The molecule has 0 radical (unpaired) electrons. The molecule has 0 nitrogen and oxygen atoms in total. The number of hydrogen-bond donors (Lipinski definition) is 0. The van der Waals surface area contributed by atoms with E-state index < -0.39 is 0 Å². The standard InChI is InChI=1S/C15H28S/c1-2-8-14(9-3-1)10-6-7-13-16-15-11-4-5-12-15/h14-15H,1-13H2. The van der Waals surface area contributed by atoms with Crippen LogP contribution in [-0.4, -0.2) is 11.0 Å². The van der Waals surface area contributed by atoms with Gasteiger partial charge in [0.15, 0.2) is 0 Å². The molecule has 2 fully saturated rings. The molecule has 0 saturated heterocycles. The Kier molecular flexibility index (Phi) is 6.11. The molecule has 0 aromatic heterocycles. The minimum absolute atomic E-state index is 1.04. The minimum atomic E-state index is 1.04. The second-order valence-electron chi connectivity index (χ2n) is 5.78. The molecule has 0 aromatic carbocycles. The summed E-state index contributed by atoms with van der Waals surface area (Å²) < 4.78 is 0. The molecular formula is C15H28S. The Balaban J connectivity index is 1.42. The molecular weight excluding hydrogens is 212 g/mol. The van der Waals surface area contributed by atoms with Gasteiger partial charge in [0.1, 0.15) is 0 Å². The van der Waals surface area contributed by atoms with Crippen LogP contribution in [0, 0.1) is 5.92 Å². The summed E-state index contributed by atoms with van der Waals surface area (Å²) in [5, 5.41) is 1.04. The Morgan fingerprint density at radius 3 is 2.19 bits per heavy atom. The molecule has 0 amide bonds. The topological polar surface area (TPSA) is 0 Å². The van der Waals surface area contributed by atoms with Crippen molar-refractivity contribution in [2.24, 2.45) is 5.92 Å². The molecule has 0 aliphatic heterocycles. The Bertz CT molecular complexity index is 166. The summed E-state index contributed by atoms with van der Waals surface area (Å²) in [6.45, 7) is 0. The molecule has 94 valence electrons. The summed E-state index contributed by atoms with van der Waals surface area (Å²) in [5.74, 6) is 2.54. The average Bonchev–Trinajstić information content (AvgIpc) is 2.83. The summed E-state index contributed by atoms with van der Waals surface area (Å²) in [6.07, 6.45) is 18.1. The third kappa shape index (κ3) is 4.69. The first kappa shape index (κ1) is 12.8. The summed E-state index contributed by atoms with van der Waals surface area (Å²) >= 11 is 2.27. The van der Waals surface area contributed by atoms with Crippen LogP contribution in [0.15, 0.2) is 0 Å². The van der Waals surface area contributed by atoms with Gasteiger partial charge in [-0.25, -0.2) is 0 Å². The molecule has 2 rings (SSSR count). The highest BCUT2D eigenvalue weighted by molar-refractivity contribution is 7.99. The van der Waals surface area contributed by atoms with E-state index >= 15 is 0 Å². The van der Waals surface area contributed by atoms with Crippen LogP contribution >= 0.6 is 11.8 Å². The highest BCUT2D eigenvalue weighted by atomic mass is 32.2. The highest BCUT2D eigenvalue weighted by Gasteiger charge is 2.15. The quantitative estimate of drug-likeness (QED) is 0.559. The van der Waals surface area contributed by atoms with E-state index in [0.29, 0.717) is 0 Å². The summed E-state index contributed by atoms with van der Waals surface area (Å²) in [6, 6.07) is 0. The van der Waals surface area contributed by atoms with Crippen molar-refractivity contribution in [2.45, 2.75) is 82.3 Å². The van der Waals surface area contributed by atoms with E-state index in [1.807, 2.05) is 0 Å². The number of unbranched alkanes of at least 4 members (excludes halogenated alkanes) is 1. The molecule has 0 spiro atoms. The maximum absolute atomic E-state index is 2.27. The monoisotopic (exact) mass is 240 g/mol. The van der Waals surface area contributed by atoms with Gasteiger partial charge < -0.3 is 0 Å². The largest absolute Gasteiger partial charge is 0.159 e. The Morgan fingerprint density at radius 2 is 1.44 bits per heavy atom. The molecule has 0 N–H and O–H groups in total. The lowest BCUT2D eigenvalue weighted by atomic mass is 9.86. The van der Waals surface area contributed by atoms with Crippen LogP contribution in [0.5, 0.6) is 0 Å². The van der Waals surface area contributed by atoms with Crippen molar-refractivity contribution in [3.63, 3.8) is 0 Å². The predicted octanol–water partition coefficient (Wildman–Crippen LogP) is 5.41. The summed E-state index contributed by atoms with van der Waals surface area (Å²) in [5.41, 5.74) is 0. The van der Waals surface area contributed by atoms with E-state index in [-0.39, 0.29) is 0 Å². The van der Waals surface area contributed by atoms with Crippen molar-refractivity contribution in [3.8, 4) is 0 Å². The molecule has 0 aromatic rings. The first-order valence-electron chi connectivity index (χ1n) is 7.57. The van der Waals surface area contributed by atoms with Gasteiger partial charge in [-0.1, -0.05) is 57.8 Å². The third-order valence-corrected chi connectivity index (χ3v) is 5.85. The van der Waals surface area contributed by atoms with E-state index in [2.05, 4.69) is 11.8 Å². The fourth-order valence-corrected chi connectivity index (χ4v) is 4.69. The molecule has 16 heavy (non-hydrogen) atoms. The zero-order chi connectivity index (χ0) is 11.1. The number of hydrogen-bond acceptors (Lipinski definition) is 1. The van der Waals surface area contributed by atoms with Crippen molar-refractivity contribution in [2.75, 3.05) is 5.75 Å². The minimum Gasteiger partial charge on any atom is -0.159 e. The molecule has 2 aliphatic carbocycles. The third-order valence-electron chi connectivity index (χ3n) is 4.39. The Hall–Kier alpha value is 0.350. The van der Waals surface area contributed by atoms with Gasteiger partial charge in [0, 0.05) is 5.25 Å². The van der Waals surface area contributed by atoms with Gasteiger partial charge in [-0.3, -0.25) is 0 Å². The van der Waals surface area contributed by atoms with Crippen LogP contribution in [0.2, 0.25) is 0 Å². The van der Waals surface area contributed by atoms with Crippen molar-refractivity contribution >= 4 is 11.8 Å². The number of thioether (sulfide) groups is 1. The Labute approximate surface area is 106 Å². The van der Waals surface area contributed by atoms with Crippen LogP contribution in [0.25, 0.3) is 0 Å². The summed E-state index contributed by atoms with van der Waals surface area (Å²) in [4.78, 5) is 0. The van der Waals surface area contributed by atoms with E-state index in [4.69, 9.17) is 0 Å². The molecule has 0 atom stereocenters. The maximum atomic E-state index is 2.27. The van der Waals surface area contributed by atoms with Gasteiger partial charge in [-0.05, 0) is 30.9 Å². The van der Waals surface area contributed by atoms with Crippen molar-refractivity contribution in [1.29, 1.82) is 0 Å². The van der Waals surface area contributed by atoms with Crippen molar-refractivity contribution < 1.29 is 0 Å². The molecule has 0 heterocycles. The molecule has 2 aliphatic rings. The lowest BCUT2D eigenvalue weighted by molar-refractivity contribution is 0.332. The first-order valence-corrected chi connectivity index (χ1v) is 8.61. The molecule has 0 bridgehead atoms. The van der Waals surface area contributed by atoms with Crippen molar-refractivity contribution in [3.05, 3.63) is 0 Å². The van der Waals surface area contributed by atoms with Crippen LogP contribution in [0.1, 0.15) is 77.0 Å². The molecule has 2 saturated carbocycles. The van der Waals surface area contributed by atoms with E-state index in [1.54, 1.807) is 0 Å². The lowest BCUT2D eigenvalue weighted by Crippen LogP contribution is -2.06. The van der Waals surface area contributed by atoms with Crippen molar-refractivity contribution in [1.82, 2.24) is 0 Å². The van der Waals surface area contributed by atoms with Gasteiger partial charge >= 0.3 is 0 Å². The smallest absolute Gasteiger partial charge is 0.00470 e. The SMILES string of the molecule is C1CCC(CCCCSC2CCCC2)CC1. The maximum Gasteiger partial charge on any atom is 0.00470 e. The lowest BCUT2D eigenvalue weighted by Gasteiger charge is -2.21. The van der Waals surface area contributed by atoms with Gasteiger partial charge in [-0.2, -0.15) is 11.8 Å². The second kappa shape index (κ2) is 7.63. The van der Waals surface area contributed by atoms with Gasteiger partial charge in [0.25, 0.3) is 0 Å². The fraction of sp³-hybridized carbons (Fsp3) is 1.00. The van der Waals surface area contributed by atoms with E-state index in [0.717, 1.165) is 11.2 Å². The second-order valence-corrected chi connectivity index (χ2v) is 7.19. The fourth-order valence-electron chi connectivity index (χ4n) is 3.32. The normalized spacial score (nSPS) is 24.0. The first-order chi connectivity index (χ1) is 7.95. The van der Waals surface area contributed by atoms with E-state index in [9.17, 15) is 0 Å². The van der Waals surface area contributed by atoms with Crippen LogP contribution < -0.4 is 0 Å². The molecule has 1 heteroatoms. The van der Waals surface area contributed by atoms with Crippen LogP contribution in [0.4, 0.5) is 0 Å². The zero-order valence-electron chi connectivity index (χ0n) is 10.8. The zero-order valence-corrected chi connectivity index (χ0v) is 11.6. The van der Waals surface area contributed by atoms with Crippen LogP contribution in [-0.2, 0) is 0 Å². The van der Waals surface area contributed by atoms with E-state index in [1.165, 1.54) is 82.8 Å². The average molecular weight is 240 g/mol. The highest BCUT2D eigenvalue weighted by Crippen LogP contribution is 2.31. The number of rotatable bonds is 6. The Morgan fingerprint density at radius 1 is 0.750 bits per heavy atom. The van der Waals surface area contributed by atoms with Gasteiger partial charge in [0.05, 0.1) is 0 Å². The predicted molar refractivity (Wildman–Crippen MR) is 75.1 cm³/mol. The van der Waals surface area contributed by atoms with Crippen LogP contribution in [0.3, 0.4) is 0 Å².